The van der Waals surface area contributed by atoms with Crippen LogP contribution in [0.5, 0.6) is 0 Å². The van der Waals surface area contributed by atoms with Gasteiger partial charge in [-0.25, -0.2) is 0 Å². The van der Waals surface area contributed by atoms with Crippen molar-refractivity contribution in [2.75, 3.05) is 0 Å². The molecule has 0 N–H and O–H groups in total. The van der Waals surface area contributed by atoms with E-state index in [9.17, 15) is 0 Å². The maximum absolute atomic E-state index is 2.09. The van der Waals surface area contributed by atoms with Gasteiger partial charge in [0.25, 0.3) is 0 Å². The summed E-state index contributed by atoms with van der Waals surface area (Å²) in [6.07, 6.45) is 0. The quantitative estimate of drug-likeness (QED) is 0.567. The molecule has 0 aromatic rings. The number of hydrogen-bond donors (Lipinski definition) is 0. The Bertz CT molecular complexity index is 6.85. The fourth-order valence-electron chi connectivity index (χ4n) is 0. The van der Waals surface area contributed by atoms with Gasteiger partial charge >= 0.3 is 27.5 Å². The van der Waals surface area contributed by atoms with E-state index in [0.29, 0.717) is 0 Å². The topological polar surface area (TPSA) is 0 Å². The minimum absolute atomic E-state index is 0. The number of hydrogen-bond acceptors (Lipinski definition) is 0. The minimum atomic E-state index is 0. The Morgan fingerprint density at radius 2 is 0.800 bits per heavy atom. The molecule has 0 aromatic heterocycles. The normalized spacial score (nSPS) is 1.20. The third-order valence-corrected chi connectivity index (χ3v) is 0. The molecule has 0 saturated heterocycles. The maximum atomic E-state index is 2.09. The third-order valence-electron chi connectivity index (χ3n) is 0. The Morgan fingerprint density at radius 3 is 0.800 bits per heavy atom. The Hall–Kier alpha value is 2.24. The van der Waals surface area contributed by atoms with Crippen molar-refractivity contribution in [3.63, 3.8) is 0 Å². The van der Waals surface area contributed by atoms with Crippen molar-refractivity contribution in [2.45, 2.75) is 4.94 Å². The van der Waals surface area contributed by atoms with Gasteiger partial charge in [0.05, 0.1) is 0 Å². The molecule has 0 nitrogen and oxygen atoms in total. The zero-order valence-corrected chi connectivity index (χ0v) is 10.7. The molecule has 0 unspecified atom stereocenters. The van der Waals surface area contributed by atoms with Gasteiger partial charge < -0.3 is 0 Å². The van der Waals surface area contributed by atoms with Gasteiger partial charge in [-0.1, -0.05) is 0 Å². The van der Waals surface area contributed by atoms with Crippen molar-refractivity contribution in [2.24, 2.45) is 0 Å². The summed E-state index contributed by atoms with van der Waals surface area (Å²) >= 11 is 1.55. The number of halogens is 3. The van der Waals surface area contributed by atoms with E-state index in [1.165, 1.54) is 0 Å². The molecule has 0 aliphatic carbocycles. The summed E-state index contributed by atoms with van der Waals surface area (Å²) in [6, 6.07) is 0. The molecule has 0 bridgehead atoms. The van der Waals surface area contributed by atoms with Gasteiger partial charge in [0.15, 0.2) is 0 Å². The molecule has 0 fully saturated rings. The van der Waals surface area contributed by atoms with Crippen LogP contribution in [0.25, 0.3) is 0 Å². The molecule has 0 saturated carbocycles. The van der Waals surface area contributed by atoms with Gasteiger partial charge in [-0.2, -0.15) is 0 Å². The van der Waals surface area contributed by atoms with Gasteiger partial charge in [0.2, 0.25) is 0 Å². The number of rotatable bonds is 0. The van der Waals surface area contributed by atoms with Gasteiger partial charge in [-0.3, -0.25) is 0 Å². The Kier molecular flexibility index (Phi) is 184. The first kappa shape index (κ1) is 26.9. The van der Waals surface area contributed by atoms with E-state index in [2.05, 4.69) is 4.94 Å². The molecule has 0 aromatic carbocycles. The van der Waals surface area contributed by atoms with Crippen LogP contribution in [0.3, 0.4) is 0 Å². The van der Waals surface area contributed by atoms with Crippen LogP contribution in [0.15, 0.2) is 0 Å². The van der Waals surface area contributed by atoms with Crippen LogP contribution in [-0.4, -0.2) is 22.5 Å². The second kappa shape index (κ2) is 34.2. The second-order valence-corrected chi connectivity index (χ2v) is 0. The van der Waals surface area contributed by atoms with E-state index in [4.69, 9.17) is 0 Å². The molecule has 4 heteroatoms. The fourth-order valence-corrected chi connectivity index (χ4v) is 0. The fraction of sp³-hybridized carbons (Fsp3) is 1.00. The summed E-state index contributed by atoms with van der Waals surface area (Å²) < 4.78 is 0. The standard InChI is InChI=1S/CH3.3BrH.Sn/h1H3;3*1H;. The average Bonchev–Trinajstić information content (AvgIpc) is 1.00. The Morgan fingerprint density at radius 1 is 0.800 bits per heavy atom. The predicted octanol–water partition coefficient (Wildman–Crippen LogP) is 1.94. The summed E-state index contributed by atoms with van der Waals surface area (Å²) in [5.41, 5.74) is 0. The molecular weight excluding hydrogens is 370 g/mol. The molecule has 0 spiro atoms. The van der Waals surface area contributed by atoms with Crippen LogP contribution < -0.4 is 0 Å². The van der Waals surface area contributed by atoms with Crippen molar-refractivity contribution >= 4 is 73.5 Å². The van der Waals surface area contributed by atoms with Crippen molar-refractivity contribution in [1.29, 1.82) is 0 Å². The SMILES string of the molecule is Br.Br.Br.[CH3][Sn]. The van der Waals surface area contributed by atoms with Crippen LogP contribution in [0.1, 0.15) is 0 Å². The molecule has 0 heterocycles. The van der Waals surface area contributed by atoms with Crippen molar-refractivity contribution in [1.82, 2.24) is 0 Å². The molecule has 0 rings (SSSR count). The van der Waals surface area contributed by atoms with Gasteiger partial charge in [-0.15, -0.1) is 50.9 Å². The summed E-state index contributed by atoms with van der Waals surface area (Å²) in [5, 5.41) is 0. The van der Waals surface area contributed by atoms with Gasteiger partial charge in [0, 0.05) is 0 Å². The zero-order valence-electron chi connectivity index (χ0n) is 2.72. The van der Waals surface area contributed by atoms with Crippen molar-refractivity contribution < 1.29 is 0 Å². The molecule has 0 atom stereocenters. The summed E-state index contributed by atoms with van der Waals surface area (Å²) in [4.78, 5) is 2.09. The van der Waals surface area contributed by atoms with E-state index >= 15 is 0 Å². The van der Waals surface area contributed by atoms with Crippen LogP contribution in [-0.2, 0) is 0 Å². The Labute approximate surface area is 77.5 Å². The predicted molar refractivity (Wildman–Crippen MR) is 42.6 cm³/mol. The first-order valence-electron chi connectivity index (χ1n) is 0.500. The first-order valence-corrected chi connectivity index (χ1v) is 3.35. The van der Waals surface area contributed by atoms with Crippen molar-refractivity contribution in [3.8, 4) is 0 Å². The van der Waals surface area contributed by atoms with Crippen LogP contribution in [0.2, 0.25) is 4.94 Å². The third kappa shape index (κ3) is 22.4. The Balaban J connectivity index is -0.00000000167. The second-order valence-electron chi connectivity index (χ2n) is 0. The monoisotopic (exact) mass is 375 g/mol. The van der Waals surface area contributed by atoms with Crippen LogP contribution in [0, 0.1) is 0 Å². The molecule has 0 aliphatic heterocycles. The summed E-state index contributed by atoms with van der Waals surface area (Å²) in [6.45, 7) is 0. The molecule has 0 aliphatic rings. The van der Waals surface area contributed by atoms with E-state index in [1.807, 2.05) is 0 Å². The first-order chi connectivity index (χ1) is 1.00. The van der Waals surface area contributed by atoms with Gasteiger partial charge in [0.1, 0.15) is 0 Å². The molecule has 3 radical (unpaired) electrons. The molecular formula is CH6Br3Sn. The van der Waals surface area contributed by atoms with E-state index in [0.717, 1.165) is 0 Å². The zero-order chi connectivity index (χ0) is 2.00. The molecule has 35 valence electrons. The summed E-state index contributed by atoms with van der Waals surface area (Å²) in [7, 11) is 0. The van der Waals surface area contributed by atoms with E-state index < -0.39 is 0 Å². The average molecular weight is 376 g/mol. The van der Waals surface area contributed by atoms with Gasteiger partial charge in [-0.05, 0) is 0 Å². The van der Waals surface area contributed by atoms with E-state index in [1.54, 1.807) is 22.5 Å². The van der Waals surface area contributed by atoms with Crippen LogP contribution >= 0.6 is 50.9 Å². The summed E-state index contributed by atoms with van der Waals surface area (Å²) in [5.74, 6) is 0. The van der Waals surface area contributed by atoms with Crippen LogP contribution in [0.4, 0.5) is 0 Å². The molecule has 0 amide bonds. The molecule has 5 heavy (non-hydrogen) atoms. The van der Waals surface area contributed by atoms with Crippen molar-refractivity contribution in [3.05, 3.63) is 0 Å². The van der Waals surface area contributed by atoms with E-state index in [-0.39, 0.29) is 50.9 Å².